The number of fused-ring (bicyclic) bond motifs is 9. The van der Waals surface area contributed by atoms with Gasteiger partial charge in [-0.1, -0.05) is 152 Å². The van der Waals surface area contributed by atoms with E-state index in [0.29, 0.717) is 11.6 Å². The predicted molar refractivity (Wildman–Crippen MR) is 267 cm³/mol. The Morgan fingerprint density at radius 1 is 0.365 bits per heavy atom. The van der Waals surface area contributed by atoms with Crippen molar-refractivity contribution >= 4 is 84.8 Å². The summed E-state index contributed by atoms with van der Waals surface area (Å²) in [5.41, 5.74) is 8.84. The minimum atomic E-state index is -0.481. The van der Waals surface area contributed by atoms with Crippen LogP contribution in [-0.2, 0) is 0 Å². The molecule has 0 spiro atoms. The molecule has 0 aliphatic rings. The molecule has 0 aliphatic heterocycles. The molecule has 0 bridgehead atoms. The Kier molecular flexibility index (Phi) is 7.13. The lowest BCUT2D eigenvalue weighted by Crippen LogP contribution is -2.01. The average Bonchev–Trinajstić information content (AvgIpc) is 4.06. The van der Waals surface area contributed by atoms with Crippen molar-refractivity contribution < 1.29 is 6.85 Å². The van der Waals surface area contributed by atoms with E-state index in [1.807, 2.05) is 24.3 Å². The highest BCUT2D eigenvalue weighted by atomic mass is 32.1. The zero-order chi connectivity index (χ0) is 45.8. The molecule has 294 valence electrons. The second kappa shape index (κ2) is 14.4. The van der Waals surface area contributed by atoms with Gasteiger partial charge in [0.15, 0.2) is 17.5 Å². The van der Waals surface area contributed by atoms with Crippen molar-refractivity contribution in [2.75, 3.05) is 0 Å². The van der Waals surface area contributed by atoms with Crippen LogP contribution in [0.2, 0.25) is 0 Å². The molecular formula is C57H34N4S2. The van der Waals surface area contributed by atoms with Gasteiger partial charge in [0.2, 0.25) is 0 Å². The molecule has 9 aromatic carbocycles. The molecule has 0 fully saturated rings. The molecule has 0 radical (unpaired) electrons. The summed E-state index contributed by atoms with van der Waals surface area (Å²) in [6.45, 7) is 0. The van der Waals surface area contributed by atoms with Gasteiger partial charge in [-0.15, -0.1) is 22.7 Å². The van der Waals surface area contributed by atoms with Gasteiger partial charge in [0, 0.05) is 73.5 Å². The van der Waals surface area contributed by atoms with Crippen LogP contribution in [0.3, 0.4) is 0 Å². The summed E-state index contributed by atoms with van der Waals surface area (Å²) in [6, 6.07) is 59.2. The Balaban J connectivity index is 1.10. The lowest BCUT2D eigenvalue weighted by molar-refractivity contribution is 1.08. The van der Waals surface area contributed by atoms with E-state index in [1.165, 1.54) is 0 Å². The van der Waals surface area contributed by atoms with Gasteiger partial charge >= 0.3 is 0 Å². The second-order valence-corrected chi connectivity index (χ2v) is 17.8. The molecule has 0 N–H and O–H groups in total. The first-order valence-electron chi connectivity index (χ1n) is 23.2. The van der Waals surface area contributed by atoms with Gasteiger partial charge in [-0.25, -0.2) is 15.0 Å². The van der Waals surface area contributed by atoms with E-state index >= 15 is 0 Å². The number of hydrogen-bond acceptors (Lipinski definition) is 5. The highest BCUT2D eigenvalue weighted by Gasteiger charge is 2.21. The van der Waals surface area contributed by atoms with E-state index < -0.39 is 18.1 Å². The van der Waals surface area contributed by atoms with Crippen LogP contribution in [-0.4, -0.2) is 19.5 Å². The Morgan fingerprint density at radius 2 is 0.968 bits per heavy atom. The Bertz CT molecular complexity index is 4150. The number of nitrogens with zero attached hydrogens (tertiary/aromatic N) is 4. The van der Waals surface area contributed by atoms with Crippen molar-refractivity contribution in [3.8, 4) is 62.1 Å². The van der Waals surface area contributed by atoms with Crippen molar-refractivity contribution in [2.24, 2.45) is 0 Å². The molecule has 0 aliphatic carbocycles. The van der Waals surface area contributed by atoms with Crippen LogP contribution in [0.15, 0.2) is 206 Å². The molecular weight excluding hydrogens is 805 g/mol. The van der Waals surface area contributed by atoms with Crippen LogP contribution in [0, 0.1) is 0 Å². The van der Waals surface area contributed by atoms with Gasteiger partial charge in [-0.2, -0.15) is 0 Å². The highest BCUT2D eigenvalue weighted by molar-refractivity contribution is 7.26. The van der Waals surface area contributed by atoms with Crippen LogP contribution in [0.4, 0.5) is 0 Å². The van der Waals surface area contributed by atoms with Crippen LogP contribution < -0.4 is 0 Å². The summed E-state index contributed by atoms with van der Waals surface area (Å²) in [5, 5.41) is 6.62. The van der Waals surface area contributed by atoms with E-state index in [9.17, 15) is 0 Å². The zero-order valence-corrected chi connectivity index (χ0v) is 35.0. The van der Waals surface area contributed by atoms with Gasteiger partial charge in [-0.05, 0) is 76.9 Å². The topological polar surface area (TPSA) is 43.6 Å². The third-order valence-corrected chi connectivity index (χ3v) is 14.3. The fourth-order valence-electron chi connectivity index (χ4n) is 9.01. The minimum absolute atomic E-state index is 0.00412. The standard InChI is InChI=1S/C57H34N4S2/c1-3-14-35(15-4-1)37-18-13-19-38(30-37)39-27-29-52-46(31-39)47-33-41(61-49-23-10-7-20-42(49)43-21-8-11-24-50(43)61)34-48(54(47)63-52)57-59-55(36-16-5-2-6-17-36)58-56(60-57)40-26-28-45-44-22-9-12-25-51(44)62-53(45)32-40/h1-34H/i2D,5D,6D,16D,17D. The SMILES string of the molecule is [2H]c1c([2H])c([2H])c(-c2nc(-c3ccc4c(c3)sc3ccccc34)nc(-c3cc(-n4c5ccccc5c5ccccc54)cc4c3sc3ccc(-c5cccc(-c6ccccc6)c5)cc34)n2)c([2H])c1[2H]. The summed E-state index contributed by atoms with van der Waals surface area (Å²) in [5.74, 6) is 0.645. The molecule has 6 heteroatoms. The lowest BCUT2D eigenvalue weighted by Gasteiger charge is -2.13. The second-order valence-electron chi connectivity index (χ2n) is 15.6. The predicted octanol–water partition coefficient (Wildman–Crippen LogP) is 16.0. The number of hydrogen-bond donors (Lipinski definition) is 0. The Labute approximate surface area is 377 Å². The van der Waals surface area contributed by atoms with E-state index in [0.717, 1.165) is 101 Å². The van der Waals surface area contributed by atoms with Crippen molar-refractivity contribution in [2.45, 2.75) is 0 Å². The molecule has 0 unspecified atom stereocenters. The summed E-state index contributed by atoms with van der Waals surface area (Å²) in [6.07, 6.45) is 0. The summed E-state index contributed by atoms with van der Waals surface area (Å²) >= 11 is 3.34. The van der Waals surface area contributed by atoms with Gasteiger partial charge in [-0.3, -0.25) is 0 Å². The lowest BCUT2D eigenvalue weighted by atomic mass is 9.97. The van der Waals surface area contributed by atoms with E-state index in [2.05, 4.69) is 156 Å². The number of benzene rings is 9. The monoisotopic (exact) mass is 843 g/mol. The molecule has 4 aromatic heterocycles. The highest BCUT2D eigenvalue weighted by Crippen LogP contribution is 2.45. The fraction of sp³-hybridized carbons (Fsp3) is 0. The molecule has 0 amide bonds. The maximum atomic E-state index is 9.06. The quantitative estimate of drug-likeness (QED) is 0.167. The molecule has 0 saturated heterocycles. The first kappa shape index (κ1) is 31.1. The zero-order valence-electron chi connectivity index (χ0n) is 38.3. The number of rotatable bonds is 6. The summed E-state index contributed by atoms with van der Waals surface area (Å²) in [7, 11) is 0. The molecule has 63 heavy (non-hydrogen) atoms. The normalized spacial score (nSPS) is 12.9. The van der Waals surface area contributed by atoms with Gasteiger partial charge < -0.3 is 4.57 Å². The van der Waals surface area contributed by atoms with Crippen molar-refractivity contribution in [1.82, 2.24) is 19.5 Å². The molecule has 0 saturated carbocycles. The fourth-order valence-corrected chi connectivity index (χ4v) is 11.3. The third-order valence-electron chi connectivity index (χ3n) is 11.9. The number of thiophene rings is 2. The minimum Gasteiger partial charge on any atom is -0.309 e. The molecule has 13 aromatic rings. The average molecular weight is 844 g/mol. The smallest absolute Gasteiger partial charge is 0.165 e. The summed E-state index contributed by atoms with van der Waals surface area (Å²) in [4.78, 5) is 15.3. The van der Waals surface area contributed by atoms with E-state index in [1.54, 1.807) is 22.7 Å². The van der Waals surface area contributed by atoms with Crippen molar-refractivity contribution in [3.05, 3.63) is 206 Å². The van der Waals surface area contributed by atoms with Gasteiger partial charge in [0.1, 0.15) is 0 Å². The first-order chi connectivity index (χ1) is 33.3. The van der Waals surface area contributed by atoms with Crippen LogP contribution in [0.5, 0.6) is 0 Å². The Hall–Kier alpha value is -7.77. The maximum absolute atomic E-state index is 9.06. The van der Waals surface area contributed by atoms with E-state index in [-0.39, 0.29) is 23.5 Å². The number of para-hydroxylation sites is 2. The summed E-state index contributed by atoms with van der Waals surface area (Å²) < 4.78 is 50.3. The molecule has 13 rings (SSSR count). The first-order valence-corrected chi connectivity index (χ1v) is 22.3. The number of aromatic nitrogens is 4. The maximum Gasteiger partial charge on any atom is 0.165 e. The van der Waals surface area contributed by atoms with Crippen LogP contribution in [0.25, 0.3) is 124 Å². The largest absolute Gasteiger partial charge is 0.309 e. The molecule has 4 heterocycles. The van der Waals surface area contributed by atoms with Gasteiger partial charge in [0.25, 0.3) is 0 Å². The van der Waals surface area contributed by atoms with Crippen LogP contribution in [0.1, 0.15) is 6.85 Å². The third kappa shape index (κ3) is 5.98. The van der Waals surface area contributed by atoms with Gasteiger partial charge in [0.05, 0.1) is 17.9 Å². The van der Waals surface area contributed by atoms with Crippen molar-refractivity contribution in [3.63, 3.8) is 0 Å². The Morgan fingerprint density at radius 3 is 1.76 bits per heavy atom. The van der Waals surface area contributed by atoms with E-state index in [4.69, 9.17) is 21.8 Å². The molecule has 0 atom stereocenters. The van der Waals surface area contributed by atoms with Crippen LogP contribution >= 0.6 is 22.7 Å². The molecule has 4 nitrogen and oxygen atoms in total. The van der Waals surface area contributed by atoms with Crippen molar-refractivity contribution in [1.29, 1.82) is 0 Å².